The van der Waals surface area contributed by atoms with Crippen molar-refractivity contribution in [3.05, 3.63) is 83.4 Å². The van der Waals surface area contributed by atoms with Crippen molar-refractivity contribution in [2.45, 2.75) is 30.1 Å². The minimum Gasteiger partial charge on any atom is -0.493 e. The van der Waals surface area contributed by atoms with Gasteiger partial charge in [-0.05, 0) is 71.4 Å². The van der Waals surface area contributed by atoms with Gasteiger partial charge in [0.15, 0.2) is 26.5 Å². The van der Waals surface area contributed by atoms with Crippen molar-refractivity contribution in [3.63, 3.8) is 0 Å². The predicted octanol–water partition coefficient (Wildman–Crippen LogP) is 4.12. The Labute approximate surface area is 256 Å². The maximum Gasteiger partial charge on any atom is 0.338 e. The van der Waals surface area contributed by atoms with Crippen molar-refractivity contribution in [3.8, 4) is 17.2 Å². The summed E-state index contributed by atoms with van der Waals surface area (Å²) < 4.78 is 30.5. The molecule has 1 aliphatic heterocycles. The molecule has 4 heterocycles. The monoisotopic (exact) mass is 672 g/mol. The fraction of sp³-hybridized carbons (Fsp3) is 0.250. The van der Waals surface area contributed by atoms with E-state index < -0.39 is 12.0 Å². The molecule has 0 aliphatic carbocycles. The number of esters is 1. The molecule has 0 unspecified atom stereocenters. The first-order valence-electron chi connectivity index (χ1n) is 12.5. The van der Waals surface area contributed by atoms with Gasteiger partial charge in [0.2, 0.25) is 5.75 Å². The van der Waals surface area contributed by atoms with Gasteiger partial charge in [0.25, 0.3) is 5.56 Å². The first-order chi connectivity index (χ1) is 20.3. The molecule has 14 heteroatoms. The van der Waals surface area contributed by atoms with Crippen LogP contribution in [-0.4, -0.2) is 48.4 Å². The van der Waals surface area contributed by atoms with Crippen LogP contribution in [0.5, 0.6) is 17.2 Å². The summed E-state index contributed by atoms with van der Waals surface area (Å²) in [7, 11) is 4.50. The van der Waals surface area contributed by atoms with Gasteiger partial charge in [0, 0.05) is 18.5 Å². The first-order valence-corrected chi connectivity index (χ1v) is 15.0. The number of carbonyl (C=O) groups is 1. The van der Waals surface area contributed by atoms with Crippen molar-refractivity contribution in [2.24, 2.45) is 4.99 Å². The molecule has 0 amide bonds. The fourth-order valence-electron chi connectivity index (χ4n) is 4.43. The molecule has 3 aromatic heterocycles. The highest BCUT2D eigenvalue weighted by atomic mass is 79.9. The van der Waals surface area contributed by atoms with Gasteiger partial charge in [-0.1, -0.05) is 11.3 Å². The van der Waals surface area contributed by atoms with Crippen molar-refractivity contribution >= 4 is 51.1 Å². The molecular formula is C28H25BrN4O7S2. The highest BCUT2D eigenvalue weighted by Crippen LogP contribution is 2.42. The van der Waals surface area contributed by atoms with E-state index >= 15 is 0 Å². The Bertz CT molecular complexity index is 1840. The van der Waals surface area contributed by atoms with Crippen molar-refractivity contribution < 1.29 is 28.2 Å². The average molecular weight is 674 g/mol. The summed E-state index contributed by atoms with van der Waals surface area (Å²) in [6.45, 7) is 3.59. The number of carbonyl (C=O) groups excluding carboxylic acids is 1. The van der Waals surface area contributed by atoms with Gasteiger partial charge in [0.05, 0.1) is 54.3 Å². The lowest BCUT2D eigenvalue weighted by atomic mass is 9.95. The molecule has 0 bridgehead atoms. The normalized spacial score (nSPS) is 14.8. The van der Waals surface area contributed by atoms with Gasteiger partial charge in [-0.2, -0.15) is 0 Å². The molecule has 0 saturated heterocycles. The minimum absolute atomic E-state index is 0.156. The highest BCUT2D eigenvalue weighted by Gasteiger charge is 2.34. The number of furan rings is 1. The molecule has 1 aliphatic rings. The number of halogens is 1. The summed E-state index contributed by atoms with van der Waals surface area (Å²) in [4.78, 5) is 40.7. The number of hydrogen-bond donors (Lipinski definition) is 0. The Kier molecular flexibility index (Phi) is 8.85. The van der Waals surface area contributed by atoms with Crippen LogP contribution in [0.25, 0.3) is 6.08 Å². The molecular weight excluding hydrogens is 648 g/mol. The van der Waals surface area contributed by atoms with Crippen LogP contribution in [0, 0.1) is 0 Å². The second kappa shape index (κ2) is 12.5. The third kappa shape index (κ3) is 5.61. The molecule has 4 aromatic rings. The Morgan fingerprint density at radius 1 is 1.14 bits per heavy atom. The maximum atomic E-state index is 14.0. The van der Waals surface area contributed by atoms with Crippen LogP contribution in [0.15, 0.2) is 76.9 Å². The van der Waals surface area contributed by atoms with E-state index in [9.17, 15) is 9.59 Å². The summed E-state index contributed by atoms with van der Waals surface area (Å²) in [6, 6.07) is 6.03. The zero-order chi connectivity index (χ0) is 30.0. The lowest BCUT2D eigenvalue weighted by Crippen LogP contribution is -2.40. The molecule has 218 valence electrons. The third-order valence-corrected chi connectivity index (χ3v) is 8.91. The van der Waals surface area contributed by atoms with E-state index in [2.05, 4.69) is 30.9 Å². The van der Waals surface area contributed by atoms with E-state index in [0.717, 1.165) is 0 Å². The van der Waals surface area contributed by atoms with E-state index in [1.54, 1.807) is 56.6 Å². The van der Waals surface area contributed by atoms with E-state index in [-0.39, 0.29) is 17.7 Å². The van der Waals surface area contributed by atoms with Crippen LogP contribution < -0.4 is 29.1 Å². The topological polar surface area (TPSA) is 127 Å². The number of nitrogens with zero attached hydrogens (tertiary/aromatic N) is 4. The number of aromatic nitrogens is 3. The van der Waals surface area contributed by atoms with E-state index in [1.807, 2.05) is 0 Å². The second-order valence-corrected chi connectivity index (χ2v) is 11.5. The Balaban J connectivity index is 1.67. The molecule has 5 rings (SSSR count). The molecule has 11 nitrogen and oxygen atoms in total. The zero-order valence-electron chi connectivity index (χ0n) is 23.2. The zero-order valence-corrected chi connectivity index (χ0v) is 26.4. The second-order valence-electron chi connectivity index (χ2n) is 8.68. The van der Waals surface area contributed by atoms with Crippen molar-refractivity contribution in [2.75, 3.05) is 27.9 Å². The number of benzene rings is 1. The number of allylic oxidation sites excluding steroid dienone is 1. The average Bonchev–Trinajstić information content (AvgIpc) is 3.48. The van der Waals surface area contributed by atoms with Gasteiger partial charge in [0.1, 0.15) is 5.76 Å². The van der Waals surface area contributed by atoms with Crippen molar-refractivity contribution in [1.82, 2.24) is 14.5 Å². The van der Waals surface area contributed by atoms with Crippen LogP contribution in [-0.2, 0) is 9.53 Å². The standard InChI is InChI=1S/C28H25BrN4O7S2/c1-6-39-25(35)21-14(2)32-28-33(22(21)15-10-18(36-3)23(38-5)19(11-15)37-4)24(34)20(41-28)13-16-12-17(29)26(40-16)42-27-30-8-7-9-31-27/h7-13,22H,6H2,1-5H3/b20-13+/t22-/m0/s1. The van der Waals surface area contributed by atoms with Gasteiger partial charge in [-0.25, -0.2) is 19.8 Å². The third-order valence-electron chi connectivity index (χ3n) is 6.19. The highest BCUT2D eigenvalue weighted by molar-refractivity contribution is 9.10. The molecule has 0 spiro atoms. The first kappa shape index (κ1) is 29.6. The quantitative estimate of drug-likeness (QED) is 0.189. The van der Waals surface area contributed by atoms with Crippen LogP contribution in [0.2, 0.25) is 0 Å². The summed E-state index contributed by atoms with van der Waals surface area (Å²) in [5, 5.41) is 1.06. The SMILES string of the molecule is CCOC(=O)C1=C(C)N=c2s/c(=C/c3cc(Br)c(Sc4ncccn4)o3)c(=O)n2[C@H]1c1cc(OC)c(OC)c(OC)c1. The van der Waals surface area contributed by atoms with Crippen LogP contribution in [0.1, 0.15) is 31.2 Å². The number of fused-ring (bicyclic) bond motifs is 1. The number of thiazole rings is 1. The summed E-state index contributed by atoms with van der Waals surface area (Å²) in [6.07, 6.45) is 4.93. The number of rotatable bonds is 9. The summed E-state index contributed by atoms with van der Waals surface area (Å²) >= 11 is 5.94. The molecule has 1 aromatic carbocycles. The summed E-state index contributed by atoms with van der Waals surface area (Å²) in [5.74, 6) is 0.995. The molecule has 0 fully saturated rings. The molecule has 42 heavy (non-hydrogen) atoms. The van der Waals surface area contributed by atoms with Gasteiger partial charge >= 0.3 is 5.97 Å². The van der Waals surface area contributed by atoms with Crippen molar-refractivity contribution in [1.29, 1.82) is 0 Å². The summed E-state index contributed by atoms with van der Waals surface area (Å²) in [5.41, 5.74) is 0.853. The maximum absolute atomic E-state index is 14.0. The Hall–Kier alpha value is -3.88. The van der Waals surface area contributed by atoms with Gasteiger partial charge in [-0.15, -0.1) is 0 Å². The predicted molar refractivity (Wildman–Crippen MR) is 159 cm³/mol. The smallest absolute Gasteiger partial charge is 0.338 e. The van der Waals surface area contributed by atoms with Crippen LogP contribution >= 0.6 is 39.0 Å². The van der Waals surface area contributed by atoms with E-state index in [0.29, 0.717) is 58.3 Å². The van der Waals surface area contributed by atoms with Crippen LogP contribution in [0.3, 0.4) is 0 Å². The largest absolute Gasteiger partial charge is 0.493 e. The Morgan fingerprint density at radius 3 is 2.45 bits per heavy atom. The fourth-order valence-corrected chi connectivity index (χ4v) is 6.69. The lowest BCUT2D eigenvalue weighted by molar-refractivity contribution is -0.139. The van der Waals surface area contributed by atoms with E-state index in [1.165, 1.54) is 49.0 Å². The molecule has 0 radical (unpaired) electrons. The number of ether oxygens (including phenoxy) is 4. The minimum atomic E-state index is -0.874. The molecule has 0 saturated carbocycles. The van der Waals surface area contributed by atoms with E-state index in [4.69, 9.17) is 23.4 Å². The number of methoxy groups -OCH3 is 3. The number of hydrogen-bond acceptors (Lipinski definition) is 12. The van der Waals surface area contributed by atoms with Gasteiger partial charge < -0.3 is 23.4 Å². The molecule has 0 N–H and O–H groups in total. The lowest BCUT2D eigenvalue weighted by Gasteiger charge is -2.26. The van der Waals surface area contributed by atoms with Crippen LogP contribution in [0.4, 0.5) is 0 Å². The Morgan fingerprint density at radius 2 is 1.83 bits per heavy atom. The van der Waals surface area contributed by atoms with Gasteiger partial charge in [-0.3, -0.25) is 9.36 Å². The molecule has 1 atom stereocenters.